The lowest BCUT2D eigenvalue weighted by molar-refractivity contribution is -0.136. The van der Waals surface area contributed by atoms with Crippen molar-refractivity contribution in [2.45, 2.75) is 78.3 Å². The zero-order valence-electron chi connectivity index (χ0n) is 21.0. The Labute approximate surface area is 204 Å². The molecule has 2 N–H and O–H groups in total. The van der Waals surface area contributed by atoms with E-state index in [1.54, 1.807) is 0 Å². The Morgan fingerprint density at radius 3 is 1.26 bits per heavy atom. The molecule has 4 heteroatoms. The van der Waals surface area contributed by atoms with Crippen molar-refractivity contribution in [2.75, 3.05) is 0 Å². The fraction of sp³-hybridized carbons (Fsp3) is 0.400. The minimum absolute atomic E-state index is 0.115. The zero-order valence-corrected chi connectivity index (χ0v) is 21.0. The minimum atomic E-state index is -0.530. The average Bonchev–Trinajstić information content (AvgIpc) is 2.79. The van der Waals surface area contributed by atoms with Gasteiger partial charge < -0.3 is 10.6 Å². The predicted molar refractivity (Wildman–Crippen MR) is 140 cm³/mol. The first kappa shape index (κ1) is 25.5. The molecule has 1 aliphatic heterocycles. The number of carbonyl (C=O) groups is 2. The number of benzene rings is 2. The van der Waals surface area contributed by atoms with Crippen LogP contribution in [0.25, 0.3) is 0 Å². The summed E-state index contributed by atoms with van der Waals surface area (Å²) in [5.74, 6) is -0.230. The van der Waals surface area contributed by atoms with E-state index in [9.17, 15) is 9.59 Å². The molecule has 2 unspecified atom stereocenters. The standard InChI is InChI=1S/C30H38N2O2/c1-21(2)7-5-9-23-11-15-25(16-12-23)19-27-29(33)32-28(30(34)31-27)20-26-17-13-24(14-18-26)10-6-8-22(3)4/h7-8,11-18,27-28H,5-6,9-10,19-20H2,1-4H3,(H,31,34)(H,32,33). The van der Waals surface area contributed by atoms with Crippen LogP contribution in [0.4, 0.5) is 0 Å². The molecule has 2 amide bonds. The van der Waals surface area contributed by atoms with Crippen molar-refractivity contribution in [3.05, 3.63) is 94.1 Å². The van der Waals surface area contributed by atoms with Gasteiger partial charge in [-0.25, -0.2) is 0 Å². The topological polar surface area (TPSA) is 58.2 Å². The molecule has 2 aromatic rings. The summed E-state index contributed by atoms with van der Waals surface area (Å²) in [6, 6.07) is 15.6. The molecule has 0 saturated carbocycles. The molecule has 2 atom stereocenters. The number of aryl methyl sites for hydroxylation is 2. The zero-order chi connectivity index (χ0) is 24.5. The third-order valence-corrected chi connectivity index (χ3v) is 6.16. The van der Waals surface area contributed by atoms with Gasteiger partial charge >= 0.3 is 0 Å². The van der Waals surface area contributed by atoms with Crippen LogP contribution in [0, 0.1) is 0 Å². The fourth-order valence-corrected chi connectivity index (χ4v) is 4.17. The van der Waals surface area contributed by atoms with Crippen LogP contribution < -0.4 is 10.6 Å². The number of allylic oxidation sites excluding steroid dienone is 4. The van der Waals surface area contributed by atoms with Crippen molar-refractivity contribution >= 4 is 11.8 Å². The highest BCUT2D eigenvalue weighted by Crippen LogP contribution is 2.14. The van der Waals surface area contributed by atoms with Crippen molar-refractivity contribution in [2.24, 2.45) is 0 Å². The molecule has 0 aliphatic carbocycles. The highest BCUT2D eigenvalue weighted by Gasteiger charge is 2.33. The second-order valence-corrected chi connectivity index (χ2v) is 9.80. The average molecular weight is 459 g/mol. The molecule has 4 nitrogen and oxygen atoms in total. The molecule has 1 aliphatic rings. The maximum absolute atomic E-state index is 12.7. The Balaban J connectivity index is 1.50. The van der Waals surface area contributed by atoms with E-state index in [0.29, 0.717) is 12.8 Å². The van der Waals surface area contributed by atoms with Gasteiger partial charge in [-0.05, 0) is 75.6 Å². The number of carbonyl (C=O) groups excluding carboxylic acids is 2. The molecule has 3 rings (SSSR count). The van der Waals surface area contributed by atoms with E-state index in [1.807, 2.05) is 0 Å². The van der Waals surface area contributed by atoms with Crippen LogP contribution in [0.1, 0.15) is 62.8 Å². The van der Waals surface area contributed by atoms with Gasteiger partial charge in [0.25, 0.3) is 0 Å². The van der Waals surface area contributed by atoms with Crippen LogP contribution in [-0.4, -0.2) is 23.9 Å². The van der Waals surface area contributed by atoms with Gasteiger partial charge in [0, 0.05) is 12.8 Å². The number of hydrogen-bond donors (Lipinski definition) is 2. The van der Waals surface area contributed by atoms with Crippen LogP contribution in [0.2, 0.25) is 0 Å². The van der Waals surface area contributed by atoms with Gasteiger partial charge in [-0.3, -0.25) is 9.59 Å². The Morgan fingerprint density at radius 1 is 0.618 bits per heavy atom. The Kier molecular flexibility index (Phi) is 9.26. The van der Waals surface area contributed by atoms with Crippen LogP contribution in [0.3, 0.4) is 0 Å². The third kappa shape index (κ3) is 8.02. The van der Waals surface area contributed by atoms with Gasteiger partial charge in [0.05, 0.1) is 0 Å². The Bertz CT molecular complexity index is 939. The van der Waals surface area contributed by atoms with E-state index in [0.717, 1.165) is 36.8 Å². The summed E-state index contributed by atoms with van der Waals surface area (Å²) < 4.78 is 0. The molecule has 0 bridgehead atoms. The molecule has 2 aromatic carbocycles. The van der Waals surface area contributed by atoms with Crippen molar-refractivity contribution in [3.8, 4) is 0 Å². The first-order valence-electron chi connectivity index (χ1n) is 12.3. The molecule has 1 fully saturated rings. The Hall–Kier alpha value is -3.14. The SMILES string of the molecule is CC(C)=CCCc1ccc(CC2NC(=O)C(Cc3ccc(CCC=C(C)C)cc3)NC2=O)cc1. The van der Waals surface area contributed by atoms with Gasteiger partial charge in [-0.2, -0.15) is 0 Å². The quantitative estimate of drug-likeness (QED) is 0.478. The summed E-state index contributed by atoms with van der Waals surface area (Å²) >= 11 is 0. The van der Waals surface area contributed by atoms with Crippen LogP contribution >= 0.6 is 0 Å². The summed E-state index contributed by atoms with van der Waals surface area (Å²) in [4.78, 5) is 25.4. The number of hydrogen-bond acceptors (Lipinski definition) is 2. The van der Waals surface area contributed by atoms with Crippen molar-refractivity contribution < 1.29 is 9.59 Å². The molecule has 1 heterocycles. The highest BCUT2D eigenvalue weighted by atomic mass is 16.2. The molecular weight excluding hydrogens is 420 g/mol. The lowest BCUT2D eigenvalue weighted by Crippen LogP contribution is -2.62. The molecule has 0 aromatic heterocycles. The first-order valence-corrected chi connectivity index (χ1v) is 12.3. The number of rotatable bonds is 10. The van der Waals surface area contributed by atoms with Gasteiger partial charge in [-0.15, -0.1) is 0 Å². The second-order valence-electron chi connectivity index (χ2n) is 9.80. The van der Waals surface area contributed by atoms with E-state index in [4.69, 9.17) is 0 Å². The van der Waals surface area contributed by atoms with E-state index >= 15 is 0 Å². The molecule has 34 heavy (non-hydrogen) atoms. The fourth-order valence-electron chi connectivity index (χ4n) is 4.17. The summed E-state index contributed by atoms with van der Waals surface area (Å²) in [5, 5.41) is 5.86. The van der Waals surface area contributed by atoms with Crippen LogP contribution in [0.5, 0.6) is 0 Å². The Morgan fingerprint density at radius 2 is 0.941 bits per heavy atom. The lowest BCUT2D eigenvalue weighted by Gasteiger charge is -2.30. The van der Waals surface area contributed by atoms with Crippen molar-refractivity contribution in [1.82, 2.24) is 10.6 Å². The maximum atomic E-state index is 12.7. The van der Waals surface area contributed by atoms with Gasteiger partial charge in [-0.1, -0.05) is 71.8 Å². The maximum Gasteiger partial charge on any atom is 0.243 e. The van der Waals surface area contributed by atoms with Gasteiger partial charge in [0.1, 0.15) is 12.1 Å². The van der Waals surface area contributed by atoms with Crippen LogP contribution in [0.15, 0.2) is 71.8 Å². The largest absolute Gasteiger partial charge is 0.342 e. The number of amides is 2. The summed E-state index contributed by atoms with van der Waals surface area (Å²) in [5.41, 5.74) is 7.33. The van der Waals surface area contributed by atoms with Crippen molar-refractivity contribution in [1.29, 1.82) is 0 Å². The predicted octanol–water partition coefficient (Wildman–Crippen LogP) is 5.25. The molecular formula is C30H38N2O2. The molecule has 1 saturated heterocycles. The van der Waals surface area contributed by atoms with E-state index in [1.165, 1.54) is 22.3 Å². The summed E-state index contributed by atoms with van der Waals surface area (Å²) in [6.45, 7) is 8.45. The van der Waals surface area contributed by atoms with Crippen LogP contribution in [-0.2, 0) is 35.3 Å². The third-order valence-electron chi connectivity index (χ3n) is 6.16. The minimum Gasteiger partial charge on any atom is -0.342 e. The van der Waals surface area contributed by atoms with Gasteiger partial charge in [0.2, 0.25) is 11.8 Å². The van der Waals surface area contributed by atoms with Crippen molar-refractivity contribution in [3.63, 3.8) is 0 Å². The van der Waals surface area contributed by atoms with E-state index in [2.05, 4.69) is 99.0 Å². The second kappa shape index (κ2) is 12.4. The highest BCUT2D eigenvalue weighted by molar-refractivity contribution is 5.97. The molecule has 0 radical (unpaired) electrons. The van der Waals surface area contributed by atoms with E-state index in [-0.39, 0.29) is 11.8 Å². The van der Waals surface area contributed by atoms with E-state index < -0.39 is 12.1 Å². The first-order chi connectivity index (χ1) is 16.3. The smallest absolute Gasteiger partial charge is 0.243 e. The molecule has 180 valence electrons. The molecule has 0 spiro atoms. The number of nitrogens with one attached hydrogen (secondary N) is 2. The van der Waals surface area contributed by atoms with Gasteiger partial charge in [0.15, 0.2) is 0 Å². The monoisotopic (exact) mass is 458 g/mol. The number of piperazine rings is 1. The summed E-state index contributed by atoms with van der Waals surface area (Å²) in [7, 11) is 0. The normalized spacial score (nSPS) is 17.5. The summed E-state index contributed by atoms with van der Waals surface area (Å²) in [6.07, 6.45) is 9.55. The lowest BCUT2D eigenvalue weighted by atomic mass is 9.97.